The Balaban J connectivity index is 0.00000260. The number of nitrogens with zero attached hydrogens (tertiary/aromatic N) is 1. The third kappa shape index (κ3) is 8.44. The third-order valence-electron chi connectivity index (χ3n) is 6.63. The minimum absolute atomic E-state index is 0.198. The van der Waals surface area contributed by atoms with Gasteiger partial charge in [0.2, 0.25) is 0 Å². The molecule has 216 valence electrons. The fourth-order valence-corrected chi connectivity index (χ4v) is 4.61. The molecule has 1 saturated heterocycles. The molecule has 2 aromatic rings. The molecule has 4 N–H and O–H groups in total. The summed E-state index contributed by atoms with van der Waals surface area (Å²) in [6.45, 7) is 6.27. The van der Waals surface area contributed by atoms with Gasteiger partial charge in [0, 0.05) is 30.8 Å². The predicted octanol–water partition coefficient (Wildman–Crippen LogP) is 5.63. The fraction of sp³-hybridized carbons (Fsp3) is 0.483. The summed E-state index contributed by atoms with van der Waals surface area (Å²) in [6.07, 6.45) is -4.89. The van der Waals surface area contributed by atoms with Crippen LogP contribution < -0.4 is 10.5 Å². The lowest BCUT2D eigenvalue weighted by atomic mass is 9.83. The van der Waals surface area contributed by atoms with Crippen LogP contribution in [0.2, 0.25) is 0 Å². The molecule has 2 atom stereocenters. The number of aliphatic hydroxyl groups is 2. The van der Waals surface area contributed by atoms with Crippen molar-refractivity contribution in [3.05, 3.63) is 70.7 Å². The molecule has 10 heteroatoms. The van der Waals surface area contributed by atoms with E-state index in [1.54, 1.807) is 23.1 Å². The quantitative estimate of drug-likeness (QED) is 0.368. The van der Waals surface area contributed by atoms with E-state index in [0.29, 0.717) is 37.1 Å². The minimum atomic E-state index is -5.02. The number of rotatable bonds is 8. The Bertz CT molecular complexity index is 1130. The van der Waals surface area contributed by atoms with Crippen LogP contribution in [0.15, 0.2) is 48.2 Å². The van der Waals surface area contributed by atoms with Gasteiger partial charge in [-0.15, -0.1) is 0 Å². The minimum Gasteiger partial charge on any atom is -0.496 e. The second-order valence-electron chi connectivity index (χ2n) is 9.57. The van der Waals surface area contributed by atoms with Gasteiger partial charge in [0.25, 0.3) is 5.91 Å². The van der Waals surface area contributed by atoms with Crippen LogP contribution >= 0.6 is 0 Å². The van der Waals surface area contributed by atoms with Gasteiger partial charge in [-0.05, 0) is 72.7 Å². The first-order valence-corrected chi connectivity index (χ1v) is 13.0. The molecular formula is C29H38F4N2O4. The van der Waals surface area contributed by atoms with Crippen molar-refractivity contribution in [3.63, 3.8) is 0 Å². The highest BCUT2D eigenvalue weighted by atomic mass is 19.4. The van der Waals surface area contributed by atoms with E-state index in [1.807, 2.05) is 13.8 Å². The summed E-state index contributed by atoms with van der Waals surface area (Å²) < 4.78 is 61.0. The van der Waals surface area contributed by atoms with E-state index < -0.39 is 42.5 Å². The maximum Gasteiger partial charge on any atom is 0.417 e. The summed E-state index contributed by atoms with van der Waals surface area (Å²) in [5.74, 6) is -1.57. The second-order valence-corrected chi connectivity index (χ2v) is 9.57. The number of nitrogens with two attached hydrogens (primary N) is 1. The van der Waals surface area contributed by atoms with E-state index in [9.17, 15) is 32.6 Å². The molecule has 0 spiro atoms. The number of carbonyl (C=O) groups excluding carboxylic acids is 1. The summed E-state index contributed by atoms with van der Waals surface area (Å²) in [6, 6.07) is 9.86. The van der Waals surface area contributed by atoms with E-state index in [2.05, 4.69) is 0 Å². The van der Waals surface area contributed by atoms with Crippen molar-refractivity contribution in [1.82, 2.24) is 4.90 Å². The van der Waals surface area contributed by atoms with Gasteiger partial charge in [0.1, 0.15) is 11.6 Å². The number of hydrogen-bond acceptors (Lipinski definition) is 5. The van der Waals surface area contributed by atoms with Crippen LogP contribution in [0.25, 0.3) is 6.08 Å². The van der Waals surface area contributed by atoms with Gasteiger partial charge in [-0.1, -0.05) is 32.9 Å². The number of methoxy groups -OCH3 is 1. The van der Waals surface area contributed by atoms with Crippen molar-refractivity contribution in [2.45, 2.75) is 70.3 Å². The number of alkyl halides is 3. The van der Waals surface area contributed by atoms with Crippen LogP contribution in [0.4, 0.5) is 17.6 Å². The molecule has 0 bridgehead atoms. The molecule has 1 fully saturated rings. The molecule has 0 radical (unpaired) electrons. The topological polar surface area (TPSA) is 96.0 Å². The molecule has 2 aromatic carbocycles. The van der Waals surface area contributed by atoms with Crippen molar-refractivity contribution in [1.29, 1.82) is 0 Å². The summed E-state index contributed by atoms with van der Waals surface area (Å²) in [7, 11) is 1.33. The molecule has 6 nitrogen and oxygen atoms in total. The van der Waals surface area contributed by atoms with Crippen molar-refractivity contribution in [3.8, 4) is 5.75 Å². The van der Waals surface area contributed by atoms with Crippen molar-refractivity contribution < 1.29 is 37.3 Å². The zero-order valence-electron chi connectivity index (χ0n) is 22.8. The smallest absolute Gasteiger partial charge is 0.417 e. The highest BCUT2D eigenvalue weighted by molar-refractivity contribution is 5.94. The van der Waals surface area contributed by atoms with Crippen LogP contribution in [0.1, 0.15) is 73.9 Å². The zero-order valence-corrected chi connectivity index (χ0v) is 22.8. The van der Waals surface area contributed by atoms with Crippen molar-refractivity contribution in [2.75, 3.05) is 20.2 Å². The normalized spacial score (nSPS) is 17.1. The SMILES string of the molecule is CC.COc1ccc(F)cc1C(C)CC(O)(C/C(N)=C/c1cccc(C(=O)N2CCC(O)CC2)c1)C(F)(F)F. The van der Waals surface area contributed by atoms with Gasteiger partial charge in [-0.2, -0.15) is 13.2 Å². The first kappa shape index (κ1) is 32.1. The number of hydrogen-bond donors (Lipinski definition) is 3. The molecule has 0 aliphatic carbocycles. The monoisotopic (exact) mass is 554 g/mol. The summed E-state index contributed by atoms with van der Waals surface area (Å²) in [4.78, 5) is 14.4. The number of amides is 1. The number of aliphatic hydroxyl groups excluding tert-OH is 1. The second kappa shape index (κ2) is 13.8. The van der Waals surface area contributed by atoms with Crippen LogP contribution in [0.5, 0.6) is 5.75 Å². The molecular weight excluding hydrogens is 516 g/mol. The predicted molar refractivity (Wildman–Crippen MR) is 143 cm³/mol. The van der Waals surface area contributed by atoms with Crippen molar-refractivity contribution >= 4 is 12.0 Å². The molecule has 1 heterocycles. The third-order valence-corrected chi connectivity index (χ3v) is 6.63. The number of benzene rings is 2. The van der Waals surface area contributed by atoms with Gasteiger partial charge >= 0.3 is 6.18 Å². The number of carbonyl (C=O) groups is 1. The lowest BCUT2D eigenvalue weighted by Gasteiger charge is -2.33. The Morgan fingerprint density at radius 3 is 2.41 bits per heavy atom. The molecule has 2 unspecified atom stereocenters. The van der Waals surface area contributed by atoms with Crippen LogP contribution in [0, 0.1) is 5.82 Å². The molecule has 3 rings (SSSR count). The number of likely N-dealkylation sites (tertiary alicyclic amines) is 1. The lowest BCUT2D eigenvalue weighted by Crippen LogP contribution is -2.47. The number of piperidine rings is 1. The van der Waals surface area contributed by atoms with Crippen LogP contribution in [-0.4, -0.2) is 59.1 Å². The Morgan fingerprint density at radius 1 is 1.18 bits per heavy atom. The van der Waals surface area contributed by atoms with Gasteiger partial charge in [-0.3, -0.25) is 4.79 Å². The highest BCUT2D eigenvalue weighted by Gasteiger charge is 2.54. The molecule has 1 aliphatic heterocycles. The van der Waals surface area contributed by atoms with E-state index >= 15 is 0 Å². The number of halogens is 4. The van der Waals surface area contributed by atoms with Crippen molar-refractivity contribution in [2.24, 2.45) is 5.73 Å². The molecule has 1 aliphatic rings. The van der Waals surface area contributed by atoms with Gasteiger partial charge in [0.05, 0.1) is 13.2 Å². The molecule has 0 saturated carbocycles. The Morgan fingerprint density at radius 2 is 1.82 bits per heavy atom. The Hall–Kier alpha value is -3.11. The average molecular weight is 555 g/mol. The van der Waals surface area contributed by atoms with Gasteiger partial charge in [0.15, 0.2) is 5.60 Å². The standard InChI is InChI=1S/C27H32F4N2O4.C2H6/c1-17(23-14-20(28)6-7-24(23)37-2)15-26(36,27(29,30)31)16-21(32)13-18-4-3-5-19(12-18)25(35)33-10-8-22(34)9-11-33;1-2/h3-7,12-14,17,22,34,36H,8-11,15-16,32H2,1-2H3;1-2H3/b21-13-;. The highest BCUT2D eigenvalue weighted by Crippen LogP contribution is 2.43. The Kier molecular flexibility index (Phi) is 11.4. The maximum atomic E-state index is 14.0. The first-order valence-electron chi connectivity index (χ1n) is 13.0. The van der Waals surface area contributed by atoms with Crippen LogP contribution in [0.3, 0.4) is 0 Å². The number of ether oxygens (including phenoxy) is 1. The zero-order chi connectivity index (χ0) is 29.4. The summed E-state index contributed by atoms with van der Waals surface area (Å²) in [5.41, 5.74) is 3.49. The van der Waals surface area contributed by atoms with E-state index in [4.69, 9.17) is 10.5 Å². The molecule has 0 aromatic heterocycles. The summed E-state index contributed by atoms with van der Waals surface area (Å²) in [5, 5.41) is 20.4. The van der Waals surface area contributed by atoms with Gasteiger partial charge in [-0.25, -0.2) is 4.39 Å². The summed E-state index contributed by atoms with van der Waals surface area (Å²) >= 11 is 0. The molecule has 1 amide bonds. The molecule has 39 heavy (non-hydrogen) atoms. The van der Waals surface area contributed by atoms with Gasteiger partial charge < -0.3 is 25.6 Å². The first-order chi connectivity index (χ1) is 18.3. The van der Waals surface area contributed by atoms with E-state index in [1.165, 1.54) is 32.2 Å². The Labute approximate surface area is 227 Å². The lowest BCUT2D eigenvalue weighted by molar-refractivity contribution is -0.263. The fourth-order valence-electron chi connectivity index (χ4n) is 4.61. The van der Waals surface area contributed by atoms with E-state index in [-0.39, 0.29) is 22.9 Å². The average Bonchev–Trinajstić information content (AvgIpc) is 2.89. The maximum absolute atomic E-state index is 14.0. The largest absolute Gasteiger partial charge is 0.496 e. The van der Waals surface area contributed by atoms with Crippen LogP contribution in [-0.2, 0) is 0 Å². The van der Waals surface area contributed by atoms with E-state index in [0.717, 1.165) is 12.1 Å².